The Kier molecular flexibility index (Phi) is 4.32. The van der Waals surface area contributed by atoms with E-state index in [1.165, 1.54) is 16.8 Å². The summed E-state index contributed by atoms with van der Waals surface area (Å²) < 4.78 is 1.11. The summed E-state index contributed by atoms with van der Waals surface area (Å²) in [4.78, 5) is 2.47. The lowest BCUT2D eigenvalue weighted by Gasteiger charge is -2.24. The summed E-state index contributed by atoms with van der Waals surface area (Å²) in [6.07, 6.45) is 2.23. The average Bonchev–Trinajstić information content (AvgIpc) is 2.69. The largest absolute Gasteiger partial charge is 0.371 e. The van der Waals surface area contributed by atoms with E-state index in [1.54, 1.807) is 0 Å². The van der Waals surface area contributed by atoms with Crippen LogP contribution in [-0.4, -0.2) is 13.1 Å². The first-order valence-corrected chi connectivity index (χ1v) is 8.31. The number of benzene rings is 2. The van der Waals surface area contributed by atoms with Crippen LogP contribution in [0.15, 0.2) is 46.9 Å². The molecule has 0 aromatic heterocycles. The number of hydrogen-bond donors (Lipinski definition) is 1. The number of rotatable bonds is 2. The van der Waals surface area contributed by atoms with E-state index in [0.717, 1.165) is 36.0 Å². The monoisotopic (exact) mass is 344 g/mol. The maximum Gasteiger partial charge on any atom is 0.0377 e. The van der Waals surface area contributed by atoms with Crippen molar-refractivity contribution in [2.45, 2.75) is 25.8 Å². The van der Waals surface area contributed by atoms with Gasteiger partial charge in [-0.3, -0.25) is 0 Å². The van der Waals surface area contributed by atoms with E-state index in [9.17, 15) is 0 Å². The Labute approximate surface area is 135 Å². The van der Waals surface area contributed by atoms with E-state index in [4.69, 9.17) is 5.73 Å². The summed E-state index contributed by atoms with van der Waals surface area (Å²) >= 11 is 3.66. The number of nitrogens with zero attached hydrogens (tertiary/aromatic N) is 1. The maximum absolute atomic E-state index is 5.98. The van der Waals surface area contributed by atoms with Gasteiger partial charge >= 0.3 is 0 Å². The minimum atomic E-state index is 0.0572. The molecule has 0 aliphatic carbocycles. The molecule has 0 fully saturated rings. The van der Waals surface area contributed by atoms with E-state index >= 15 is 0 Å². The molecule has 21 heavy (non-hydrogen) atoms. The van der Waals surface area contributed by atoms with Crippen LogP contribution >= 0.6 is 15.9 Å². The van der Waals surface area contributed by atoms with Crippen LogP contribution in [0, 0.1) is 0 Å². The normalized spacial score (nSPS) is 16.2. The number of hydrogen-bond acceptors (Lipinski definition) is 2. The van der Waals surface area contributed by atoms with Gasteiger partial charge in [0.2, 0.25) is 0 Å². The van der Waals surface area contributed by atoms with Gasteiger partial charge in [0.25, 0.3) is 0 Å². The van der Waals surface area contributed by atoms with Crippen molar-refractivity contribution in [1.29, 1.82) is 0 Å². The molecule has 2 N–H and O–H groups in total. The highest BCUT2D eigenvalue weighted by atomic mass is 79.9. The number of anilines is 1. The highest BCUT2D eigenvalue weighted by Gasteiger charge is 2.15. The third-order valence-corrected chi connectivity index (χ3v) is 4.95. The summed E-state index contributed by atoms with van der Waals surface area (Å²) in [7, 11) is 0. The van der Waals surface area contributed by atoms with Crippen LogP contribution in [0.4, 0.5) is 5.69 Å². The number of nitrogens with two attached hydrogens (primary N) is 1. The van der Waals surface area contributed by atoms with Crippen molar-refractivity contribution >= 4 is 21.6 Å². The van der Waals surface area contributed by atoms with Gasteiger partial charge in [0, 0.05) is 29.3 Å². The van der Waals surface area contributed by atoms with E-state index in [-0.39, 0.29) is 6.04 Å². The van der Waals surface area contributed by atoms with E-state index in [2.05, 4.69) is 63.3 Å². The Hall–Kier alpha value is -1.32. The van der Waals surface area contributed by atoms with Crippen LogP contribution in [0.3, 0.4) is 0 Å². The van der Waals surface area contributed by atoms with Crippen LogP contribution in [0.25, 0.3) is 0 Å². The van der Waals surface area contributed by atoms with Crippen LogP contribution in [0.1, 0.15) is 29.7 Å². The molecule has 1 aliphatic rings. The van der Waals surface area contributed by atoms with Gasteiger partial charge < -0.3 is 10.6 Å². The zero-order chi connectivity index (χ0) is 14.8. The zero-order valence-electron chi connectivity index (χ0n) is 12.3. The molecule has 2 aromatic rings. The molecule has 0 spiro atoms. The minimum absolute atomic E-state index is 0.0572. The second-order valence-electron chi connectivity index (χ2n) is 5.75. The van der Waals surface area contributed by atoms with Gasteiger partial charge in [0.15, 0.2) is 0 Å². The molecule has 3 heteroatoms. The summed E-state index contributed by atoms with van der Waals surface area (Å²) in [5.74, 6) is 0. The van der Waals surface area contributed by atoms with Gasteiger partial charge in [-0.15, -0.1) is 0 Å². The molecule has 0 unspecified atom stereocenters. The van der Waals surface area contributed by atoms with E-state index in [0.29, 0.717) is 0 Å². The predicted octanol–water partition coefficient (Wildman–Crippen LogP) is 4.07. The van der Waals surface area contributed by atoms with Crippen molar-refractivity contribution in [3.63, 3.8) is 0 Å². The summed E-state index contributed by atoms with van der Waals surface area (Å²) in [6, 6.07) is 15.4. The molecule has 0 bridgehead atoms. The molecule has 1 heterocycles. The Morgan fingerprint density at radius 1 is 1.05 bits per heavy atom. The molecular formula is C18H21BrN2. The summed E-state index contributed by atoms with van der Waals surface area (Å²) in [5.41, 5.74) is 11.4. The third kappa shape index (κ3) is 3.14. The van der Waals surface area contributed by atoms with Crippen molar-refractivity contribution in [2.24, 2.45) is 5.73 Å². The SMILES string of the molecule is C[C@@H](N)c1ccc(N2CCc3ccccc3CC2)cc1Br. The van der Waals surface area contributed by atoms with Gasteiger partial charge in [-0.2, -0.15) is 0 Å². The van der Waals surface area contributed by atoms with Crippen LogP contribution in [-0.2, 0) is 12.8 Å². The maximum atomic E-state index is 5.98. The molecule has 1 atom stereocenters. The molecule has 0 saturated carbocycles. The second-order valence-corrected chi connectivity index (χ2v) is 6.60. The lowest BCUT2D eigenvalue weighted by molar-refractivity contribution is 0.796. The topological polar surface area (TPSA) is 29.3 Å². The molecule has 0 saturated heterocycles. The number of fused-ring (bicyclic) bond motifs is 1. The zero-order valence-corrected chi connectivity index (χ0v) is 13.9. The fourth-order valence-corrected chi connectivity index (χ4v) is 3.74. The molecule has 3 rings (SSSR count). The lowest BCUT2D eigenvalue weighted by atomic mass is 10.0. The van der Waals surface area contributed by atoms with Crippen molar-refractivity contribution in [3.8, 4) is 0 Å². The standard InChI is InChI=1S/C18H21BrN2/c1-13(20)17-7-6-16(12-18(17)19)21-10-8-14-4-2-3-5-15(14)9-11-21/h2-7,12-13H,8-11,20H2,1H3/t13-/m1/s1. The Morgan fingerprint density at radius 2 is 1.67 bits per heavy atom. The highest BCUT2D eigenvalue weighted by molar-refractivity contribution is 9.10. The van der Waals surface area contributed by atoms with Crippen molar-refractivity contribution < 1.29 is 0 Å². The first-order valence-electron chi connectivity index (χ1n) is 7.52. The highest BCUT2D eigenvalue weighted by Crippen LogP contribution is 2.28. The van der Waals surface area contributed by atoms with Crippen molar-refractivity contribution in [3.05, 3.63) is 63.6 Å². The van der Waals surface area contributed by atoms with E-state index < -0.39 is 0 Å². The quantitative estimate of drug-likeness (QED) is 0.889. The van der Waals surface area contributed by atoms with Crippen LogP contribution in [0.2, 0.25) is 0 Å². The predicted molar refractivity (Wildman–Crippen MR) is 92.8 cm³/mol. The van der Waals surface area contributed by atoms with Gasteiger partial charge in [0.1, 0.15) is 0 Å². The molecule has 0 radical (unpaired) electrons. The molecular weight excluding hydrogens is 324 g/mol. The Morgan fingerprint density at radius 3 is 2.19 bits per heavy atom. The van der Waals surface area contributed by atoms with Crippen LogP contribution < -0.4 is 10.6 Å². The molecule has 110 valence electrons. The minimum Gasteiger partial charge on any atom is -0.371 e. The lowest BCUT2D eigenvalue weighted by Crippen LogP contribution is -2.26. The smallest absolute Gasteiger partial charge is 0.0377 e. The Balaban J connectivity index is 1.81. The fraction of sp³-hybridized carbons (Fsp3) is 0.333. The van der Waals surface area contributed by atoms with Gasteiger partial charge in [-0.1, -0.05) is 46.3 Å². The van der Waals surface area contributed by atoms with Crippen molar-refractivity contribution in [2.75, 3.05) is 18.0 Å². The summed E-state index contributed by atoms with van der Waals surface area (Å²) in [6.45, 7) is 4.16. The average molecular weight is 345 g/mol. The fourth-order valence-electron chi connectivity index (χ4n) is 3.01. The van der Waals surface area contributed by atoms with Gasteiger partial charge in [-0.25, -0.2) is 0 Å². The van der Waals surface area contributed by atoms with Gasteiger partial charge in [-0.05, 0) is 48.6 Å². The Bertz CT molecular complexity index is 610. The first kappa shape index (κ1) is 14.6. The molecule has 0 amide bonds. The van der Waals surface area contributed by atoms with Gasteiger partial charge in [0.05, 0.1) is 0 Å². The van der Waals surface area contributed by atoms with Crippen LogP contribution in [0.5, 0.6) is 0 Å². The van der Waals surface area contributed by atoms with E-state index in [1.807, 2.05) is 6.92 Å². The molecule has 2 nitrogen and oxygen atoms in total. The third-order valence-electron chi connectivity index (χ3n) is 4.26. The molecule has 2 aromatic carbocycles. The molecule has 1 aliphatic heterocycles. The number of halogens is 1. The van der Waals surface area contributed by atoms with Crippen molar-refractivity contribution in [1.82, 2.24) is 0 Å². The second kappa shape index (κ2) is 6.20. The first-order chi connectivity index (χ1) is 10.1. The summed E-state index contributed by atoms with van der Waals surface area (Å²) in [5, 5.41) is 0.